The van der Waals surface area contributed by atoms with E-state index in [9.17, 15) is 4.79 Å². The van der Waals surface area contributed by atoms with Gasteiger partial charge in [0.15, 0.2) is 23.0 Å². The Morgan fingerprint density at radius 3 is 2.89 bits per heavy atom. The van der Waals surface area contributed by atoms with Gasteiger partial charge in [-0.2, -0.15) is 0 Å². The Bertz CT molecular complexity index is 619. The Kier molecular flexibility index (Phi) is 2.83. The summed E-state index contributed by atoms with van der Waals surface area (Å²) in [5, 5.41) is 12.3. The van der Waals surface area contributed by atoms with E-state index < -0.39 is 5.97 Å². The van der Waals surface area contributed by atoms with Crippen LogP contribution >= 0.6 is 0 Å². The summed E-state index contributed by atoms with van der Waals surface area (Å²) < 4.78 is 16.3. The second kappa shape index (κ2) is 4.64. The number of carbonyl (C=O) groups is 1. The van der Waals surface area contributed by atoms with Crippen molar-refractivity contribution in [3.63, 3.8) is 0 Å². The minimum Gasteiger partial charge on any atom is -0.490 e. The van der Waals surface area contributed by atoms with E-state index in [0.29, 0.717) is 36.0 Å². The molecule has 1 aliphatic rings. The standard InChI is InChI=1S/C13H11NO5/c15-13(16)9-7-11(19-14-9)8-3-1-4-10-12(8)18-6-2-5-17-10/h1,3-4,7H,2,5-6H2,(H,15,16). The van der Waals surface area contributed by atoms with E-state index >= 15 is 0 Å². The molecule has 0 atom stereocenters. The van der Waals surface area contributed by atoms with Gasteiger partial charge in [0.05, 0.1) is 18.8 Å². The second-order valence-corrected chi connectivity index (χ2v) is 4.06. The van der Waals surface area contributed by atoms with Gasteiger partial charge < -0.3 is 19.1 Å². The van der Waals surface area contributed by atoms with Crippen molar-refractivity contribution in [2.75, 3.05) is 13.2 Å². The third-order valence-corrected chi connectivity index (χ3v) is 2.77. The molecule has 2 aromatic rings. The van der Waals surface area contributed by atoms with Crippen LogP contribution in [0.15, 0.2) is 28.8 Å². The summed E-state index contributed by atoms with van der Waals surface area (Å²) in [6.07, 6.45) is 0.797. The fourth-order valence-corrected chi connectivity index (χ4v) is 1.89. The minimum atomic E-state index is -1.13. The van der Waals surface area contributed by atoms with Gasteiger partial charge in [-0.3, -0.25) is 0 Å². The number of nitrogens with zero attached hydrogens (tertiary/aromatic N) is 1. The van der Waals surface area contributed by atoms with E-state index in [0.717, 1.165) is 6.42 Å². The minimum absolute atomic E-state index is 0.137. The molecule has 0 unspecified atom stereocenters. The average Bonchev–Trinajstić information content (AvgIpc) is 2.77. The molecule has 0 bridgehead atoms. The Labute approximate surface area is 108 Å². The maximum atomic E-state index is 10.8. The molecule has 3 rings (SSSR count). The number of para-hydroxylation sites is 1. The summed E-state index contributed by atoms with van der Waals surface area (Å²) in [7, 11) is 0. The maximum Gasteiger partial charge on any atom is 0.358 e. The molecule has 0 aliphatic carbocycles. The number of benzene rings is 1. The molecule has 0 radical (unpaired) electrons. The summed E-state index contributed by atoms with van der Waals surface area (Å²) in [6, 6.07) is 6.75. The molecule has 6 nitrogen and oxygen atoms in total. The maximum absolute atomic E-state index is 10.8. The first-order valence-electron chi connectivity index (χ1n) is 5.85. The van der Waals surface area contributed by atoms with Crippen molar-refractivity contribution < 1.29 is 23.9 Å². The van der Waals surface area contributed by atoms with Gasteiger partial charge in [0, 0.05) is 12.5 Å². The Balaban J connectivity index is 2.06. The fraction of sp³-hybridized carbons (Fsp3) is 0.231. The molecular formula is C13H11NO5. The molecule has 1 N–H and O–H groups in total. The van der Waals surface area contributed by atoms with Crippen LogP contribution in [0.5, 0.6) is 11.5 Å². The number of rotatable bonds is 2. The Hall–Kier alpha value is -2.50. The number of hydrogen-bond acceptors (Lipinski definition) is 5. The van der Waals surface area contributed by atoms with Crippen LogP contribution in [0.2, 0.25) is 0 Å². The Morgan fingerprint density at radius 2 is 2.11 bits per heavy atom. The molecular weight excluding hydrogens is 250 g/mol. The van der Waals surface area contributed by atoms with Crippen molar-refractivity contribution in [3.05, 3.63) is 30.0 Å². The summed E-state index contributed by atoms with van der Waals surface area (Å²) in [5.74, 6) is 0.408. The summed E-state index contributed by atoms with van der Waals surface area (Å²) >= 11 is 0. The van der Waals surface area contributed by atoms with Crippen molar-refractivity contribution >= 4 is 5.97 Å². The normalized spacial score (nSPS) is 13.9. The van der Waals surface area contributed by atoms with Gasteiger partial charge in [-0.1, -0.05) is 11.2 Å². The molecule has 98 valence electrons. The summed E-state index contributed by atoms with van der Waals surface area (Å²) in [4.78, 5) is 10.8. The monoisotopic (exact) mass is 261 g/mol. The highest BCUT2D eigenvalue weighted by Crippen LogP contribution is 2.39. The van der Waals surface area contributed by atoms with Crippen LogP contribution in [-0.4, -0.2) is 29.4 Å². The molecule has 19 heavy (non-hydrogen) atoms. The zero-order valence-corrected chi connectivity index (χ0v) is 9.96. The zero-order chi connectivity index (χ0) is 13.2. The largest absolute Gasteiger partial charge is 0.490 e. The van der Waals surface area contributed by atoms with Crippen LogP contribution in [0.3, 0.4) is 0 Å². The van der Waals surface area contributed by atoms with E-state index in [1.807, 2.05) is 0 Å². The quantitative estimate of drug-likeness (QED) is 0.892. The van der Waals surface area contributed by atoms with Crippen LogP contribution in [0.25, 0.3) is 11.3 Å². The van der Waals surface area contributed by atoms with E-state index in [1.54, 1.807) is 18.2 Å². The predicted octanol–water partition coefficient (Wildman–Crippen LogP) is 2.20. The van der Waals surface area contributed by atoms with Crippen molar-refractivity contribution in [2.45, 2.75) is 6.42 Å². The lowest BCUT2D eigenvalue weighted by Gasteiger charge is -2.09. The van der Waals surface area contributed by atoms with Crippen molar-refractivity contribution in [3.8, 4) is 22.8 Å². The summed E-state index contributed by atoms with van der Waals surface area (Å²) in [6.45, 7) is 1.14. The second-order valence-electron chi connectivity index (χ2n) is 4.06. The van der Waals surface area contributed by atoms with E-state index in [1.165, 1.54) is 6.07 Å². The average molecular weight is 261 g/mol. The predicted molar refractivity (Wildman–Crippen MR) is 64.5 cm³/mol. The fourth-order valence-electron chi connectivity index (χ4n) is 1.89. The molecule has 0 saturated heterocycles. The van der Waals surface area contributed by atoms with E-state index in [-0.39, 0.29) is 5.69 Å². The molecule has 6 heteroatoms. The SMILES string of the molecule is O=C(O)c1cc(-c2cccc3c2OCCCO3)on1. The zero-order valence-electron chi connectivity index (χ0n) is 9.96. The van der Waals surface area contributed by atoms with Gasteiger partial charge in [-0.25, -0.2) is 4.79 Å². The summed E-state index contributed by atoms with van der Waals surface area (Å²) in [5.41, 5.74) is 0.501. The highest BCUT2D eigenvalue weighted by molar-refractivity contribution is 5.87. The van der Waals surface area contributed by atoms with Crippen LogP contribution in [0.4, 0.5) is 0 Å². The van der Waals surface area contributed by atoms with Gasteiger partial charge >= 0.3 is 5.97 Å². The van der Waals surface area contributed by atoms with Crippen LogP contribution in [0.1, 0.15) is 16.9 Å². The van der Waals surface area contributed by atoms with Gasteiger partial charge in [-0.15, -0.1) is 0 Å². The van der Waals surface area contributed by atoms with E-state index in [2.05, 4.69) is 5.16 Å². The van der Waals surface area contributed by atoms with Crippen LogP contribution in [0, 0.1) is 0 Å². The molecule has 1 aromatic carbocycles. The van der Waals surface area contributed by atoms with Crippen LogP contribution < -0.4 is 9.47 Å². The van der Waals surface area contributed by atoms with E-state index in [4.69, 9.17) is 19.1 Å². The molecule has 0 spiro atoms. The first kappa shape index (κ1) is 11.6. The number of carboxylic acid groups (broad SMARTS) is 1. The van der Waals surface area contributed by atoms with Crippen molar-refractivity contribution in [2.24, 2.45) is 0 Å². The number of aromatic nitrogens is 1. The number of ether oxygens (including phenoxy) is 2. The molecule has 1 aliphatic heterocycles. The lowest BCUT2D eigenvalue weighted by atomic mass is 10.1. The third kappa shape index (κ3) is 2.12. The van der Waals surface area contributed by atoms with Gasteiger partial charge in [0.2, 0.25) is 0 Å². The smallest absolute Gasteiger partial charge is 0.358 e. The molecule has 0 saturated carbocycles. The lowest BCUT2D eigenvalue weighted by molar-refractivity contribution is 0.0686. The lowest BCUT2D eigenvalue weighted by Crippen LogP contribution is -1.97. The topological polar surface area (TPSA) is 81.8 Å². The highest BCUT2D eigenvalue weighted by atomic mass is 16.5. The van der Waals surface area contributed by atoms with Gasteiger partial charge in [-0.05, 0) is 12.1 Å². The first-order chi connectivity index (χ1) is 9.25. The van der Waals surface area contributed by atoms with Gasteiger partial charge in [0.1, 0.15) is 0 Å². The van der Waals surface area contributed by atoms with Gasteiger partial charge in [0.25, 0.3) is 0 Å². The van der Waals surface area contributed by atoms with Crippen molar-refractivity contribution in [1.29, 1.82) is 0 Å². The third-order valence-electron chi connectivity index (χ3n) is 2.77. The number of aromatic carboxylic acids is 1. The van der Waals surface area contributed by atoms with Crippen molar-refractivity contribution in [1.82, 2.24) is 5.16 Å². The van der Waals surface area contributed by atoms with Crippen LogP contribution in [-0.2, 0) is 0 Å². The molecule has 0 fully saturated rings. The molecule has 1 aromatic heterocycles. The first-order valence-corrected chi connectivity index (χ1v) is 5.85. The number of carboxylic acids is 1. The Morgan fingerprint density at radius 1 is 1.26 bits per heavy atom. The number of fused-ring (bicyclic) bond motifs is 1. The molecule has 2 heterocycles. The highest BCUT2D eigenvalue weighted by Gasteiger charge is 2.20. The molecule has 0 amide bonds. The number of hydrogen-bond donors (Lipinski definition) is 1.